The van der Waals surface area contributed by atoms with Crippen molar-refractivity contribution in [3.63, 3.8) is 0 Å². The summed E-state index contributed by atoms with van der Waals surface area (Å²) in [6.07, 6.45) is -0.0625. The number of carbonyl (C=O) groups is 1. The normalized spacial score (nSPS) is 22.3. The van der Waals surface area contributed by atoms with E-state index in [1.54, 1.807) is 16.2 Å². The maximum absolute atomic E-state index is 12.3. The summed E-state index contributed by atoms with van der Waals surface area (Å²) in [7, 11) is 0. The number of nitrogens with zero attached hydrogens (tertiary/aromatic N) is 3. The molecule has 0 unspecified atom stereocenters. The second-order valence-corrected chi connectivity index (χ2v) is 6.92. The molecule has 1 aliphatic heterocycles. The zero-order chi connectivity index (χ0) is 14.8. The Morgan fingerprint density at radius 2 is 2.33 bits per heavy atom. The Hall–Kier alpha value is -1.51. The number of thiophene rings is 1. The maximum atomic E-state index is 12.3. The predicted molar refractivity (Wildman–Crippen MR) is 82.8 cm³/mol. The molecule has 21 heavy (non-hydrogen) atoms. The van der Waals surface area contributed by atoms with Crippen LogP contribution in [0.25, 0.3) is 0 Å². The molecule has 2 aromatic rings. The Morgan fingerprint density at radius 3 is 3.00 bits per heavy atom. The van der Waals surface area contributed by atoms with Crippen molar-refractivity contribution in [2.24, 2.45) is 0 Å². The predicted octanol–water partition coefficient (Wildman–Crippen LogP) is 2.90. The first-order valence-electron chi connectivity index (χ1n) is 6.65. The van der Waals surface area contributed by atoms with Gasteiger partial charge in [0.05, 0.1) is 12.6 Å². The SMILES string of the molecule is Cc1nnc(NC(=O)N2C[C@@H](C)O[C@@H](c3ccsc3)C2)s1. The molecule has 1 saturated heterocycles. The van der Waals surface area contributed by atoms with E-state index in [1.807, 2.05) is 25.3 Å². The van der Waals surface area contributed by atoms with Crippen molar-refractivity contribution in [3.8, 4) is 0 Å². The van der Waals surface area contributed by atoms with Crippen LogP contribution in [-0.2, 0) is 4.74 Å². The number of anilines is 1. The highest BCUT2D eigenvalue weighted by Gasteiger charge is 2.30. The minimum atomic E-state index is -0.151. The fourth-order valence-electron chi connectivity index (χ4n) is 2.28. The van der Waals surface area contributed by atoms with E-state index < -0.39 is 0 Å². The smallest absolute Gasteiger partial charge is 0.323 e. The topological polar surface area (TPSA) is 67.4 Å². The second kappa shape index (κ2) is 6.08. The van der Waals surface area contributed by atoms with E-state index in [4.69, 9.17) is 4.74 Å². The summed E-state index contributed by atoms with van der Waals surface area (Å²) in [5.41, 5.74) is 1.12. The fraction of sp³-hybridized carbons (Fsp3) is 0.462. The largest absolute Gasteiger partial charge is 0.367 e. The van der Waals surface area contributed by atoms with E-state index in [-0.39, 0.29) is 18.2 Å². The van der Waals surface area contributed by atoms with Gasteiger partial charge in [0.1, 0.15) is 11.1 Å². The number of hydrogen-bond donors (Lipinski definition) is 1. The zero-order valence-electron chi connectivity index (χ0n) is 11.8. The van der Waals surface area contributed by atoms with Crippen molar-refractivity contribution in [3.05, 3.63) is 27.4 Å². The van der Waals surface area contributed by atoms with E-state index >= 15 is 0 Å². The van der Waals surface area contributed by atoms with E-state index in [0.717, 1.165) is 10.6 Å². The second-order valence-electron chi connectivity index (χ2n) is 4.95. The molecule has 1 N–H and O–H groups in total. The van der Waals surface area contributed by atoms with Gasteiger partial charge in [0.15, 0.2) is 0 Å². The molecule has 112 valence electrons. The number of amides is 2. The summed E-state index contributed by atoms with van der Waals surface area (Å²) in [5.74, 6) is 0. The first kappa shape index (κ1) is 14.4. The number of nitrogens with one attached hydrogen (secondary N) is 1. The van der Waals surface area contributed by atoms with Crippen LogP contribution >= 0.6 is 22.7 Å². The molecule has 3 rings (SSSR count). The fourth-order valence-corrected chi connectivity index (χ4v) is 3.56. The van der Waals surface area contributed by atoms with Crippen molar-refractivity contribution in [2.75, 3.05) is 18.4 Å². The molecule has 2 atom stereocenters. The molecular formula is C13H16N4O2S2. The van der Waals surface area contributed by atoms with Gasteiger partial charge in [-0.05, 0) is 36.2 Å². The molecule has 3 heterocycles. The standard InChI is InChI=1S/C13H16N4O2S2/c1-8-5-17(6-11(19-8)10-3-4-20-7-10)13(18)14-12-16-15-9(2)21-12/h3-4,7-8,11H,5-6H2,1-2H3,(H,14,16,18)/t8-,11-/m1/s1. The van der Waals surface area contributed by atoms with Gasteiger partial charge in [0.25, 0.3) is 0 Å². The lowest BCUT2D eigenvalue weighted by molar-refractivity contribution is -0.0640. The molecule has 1 aliphatic rings. The summed E-state index contributed by atoms with van der Waals surface area (Å²) >= 11 is 3.00. The third-order valence-corrected chi connectivity index (χ3v) is 4.66. The maximum Gasteiger partial charge on any atom is 0.323 e. The molecule has 0 aromatic carbocycles. The quantitative estimate of drug-likeness (QED) is 0.922. The Balaban J connectivity index is 1.67. The highest BCUT2D eigenvalue weighted by Crippen LogP contribution is 2.27. The average molecular weight is 324 g/mol. The first-order valence-corrected chi connectivity index (χ1v) is 8.41. The summed E-state index contributed by atoms with van der Waals surface area (Å²) in [6, 6.07) is 1.89. The molecule has 2 amide bonds. The Morgan fingerprint density at radius 1 is 1.48 bits per heavy atom. The minimum absolute atomic E-state index is 0.00514. The Labute approximate surface area is 130 Å². The van der Waals surface area contributed by atoms with Gasteiger partial charge in [-0.25, -0.2) is 4.79 Å². The molecule has 0 saturated carbocycles. The van der Waals surface area contributed by atoms with E-state index in [0.29, 0.717) is 18.2 Å². The lowest BCUT2D eigenvalue weighted by Crippen LogP contribution is -2.47. The van der Waals surface area contributed by atoms with Gasteiger partial charge in [-0.2, -0.15) is 11.3 Å². The monoisotopic (exact) mass is 324 g/mol. The van der Waals surface area contributed by atoms with Gasteiger partial charge in [-0.1, -0.05) is 11.3 Å². The third kappa shape index (κ3) is 3.39. The molecule has 1 fully saturated rings. The van der Waals surface area contributed by atoms with Crippen molar-refractivity contribution in [1.29, 1.82) is 0 Å². The third-order valence-electron chi connectivity index (χ3n) is 3.20. The molecule has 0 aliphatic carbocycles. The molecule has 8 heteroatoms. The molecule has 0 radical (unpaired) electrons. The molecular weight excluding hydrogens is 308 g/mol. The van der Waals surface area contributed by atoms with Crippen LogP contribution in [-0.4, -0.2) is 40.3 Å². The van der Waals surface area contributed by atoms with Crippen LogP contribution in [0.5, 0.6) is 0 Å². The van der Waals surface area contributed by atoms with Gasteiger partial charge in [0, 0.05) is 6.54 Å². The Kier molecular flexibility index (Phi) is 4.18. The van der Waals surface area contributed by atoms with Crippen LogP contribution in [0, 0.1) is 6.92 Å². The van der Waals surface area contributed by atoms with Crippen LogP contribution in [0.3, 0.4) is 0 Å². The highest BCUT2D eigenvalue weighted by atomic mass is 32.1. The van der Waals surface area contributed by atoms with Gasteiger partial charge < -0.3 is 9.64 Å². The summed E-state index contributed by atoms with van der Waals surface area (Å²) in [5, 5.41) is 16.1. The van der Waals surface area contributed by atoms with Gasteiger partial charge >= 0.3 is 6.03 Å². The van der Waals surface area contributed by atoms with Crippen LogP contribution in [0.15, 0.2) is 16.8 Å². The number of aromatic nitrogens is 2. The summed E-state index contributed by atoms with van der Waals surface area (Å²) < 4.78 is 5.93. The number of hydrogen-bond acceptors (Lipinski definition) is 6. The number of rotatable bonds is 2. The van der Waals surface area contributed by atoms with Gasteiger partial charge in [0.2, 0.25) is 5.13 Å². The van der Waals surface area contributed by atoms with Crippen molar-refractivity contribution in [2.45, 2.75) is 26.1 Å². The van der Waals surface area contributed by atoms with E-state index in [9.17, 15) is 4.79 Å². The van der Waals surface area contributed by atoms with Crippen LogP contribution in [0.4, 0.5) is 9.93 Å². The number of aryl methyl sites for hydroxylation is 1. The number of carbonyl (C=O) groups excluding carboxylic acids is 1. The zero-order valence-corrected chi connectivity index (χ0v) is 13.4. The lowest BCUT2D eigenvalue weighted by Gasteiger charge is -2.36. The van der Waals surface area contributed by atoms with Gasteiger partial charge in [-0.3, -0.25) is 5.32 Å². The van der Waals surface area contributed by atoms with E-state index in [2.05, 4.69) is 20.9 Å². The van der Waals surface area contributed by atoms with Gasteiger partial charge in [-0.15, -0.1) is 10.2 Å². The average Bonchev–Trinajstić information content (AvgIpc) is 3.10. The summed E-state index contributed by atoms with van der Waals surface area (Å²) in [6.45, 7) is 4.96. The number of ether oxygens (including phenoxy) is 1. The van der Waals surface area contributed by atoms with Crippen molar-refractivity contribution >= 4 is 33.8 Å². The highest BCUT2D eigenvalue weighted by molar-refractivity contribution is 7.15. The molecule has 6 nitrogen and oxygen atoms in total. The molecule has 0 spiro atoms. The van der Waals surface area contributed by atoms with E-state index in [1.165, 1.54) is 11.3 Å². The van der Waals surface area contributed by atoms with Crippen LogP contribution in [0.1, 0.15) is 23.6 Å². The first-order chi connectivity index (χ1) is 10.1. The summed E-state index contributed by atoms with van der Waals surface area (Å²) in [4.78, 5) is 14.1. The van der Waals surface area contributed by atoms with Crippen molar-refractivity contribution < 1.29 is 9.53 Å². The molecule has 2 aromatic heterocycles. The molecule has 0 bridgehead atoms. The van der Waals surface area contributed by atoms with Crippen LogP contribution in [0.2, 0.25) is 0 Å². The van der Waals surface area contributed by atoms with Crippen molar-refractivity contribution in [1.82, 2.24) is 15.1 Å². The van der Waals surface area contributed by atoms with Crippen LogP contribution < -0.4 is 5.32 Å². The number of morpholine rings is 1. The minimum Gasteiger partial charge on any atom is -0.367 e. The number of urea groups is 1. The Bertz CT molecular complexity index is 613. The lowest BCUT2D eigenvalue weighted by atomic mass is 10.1.